The number of amides is 4. The van der Waals surface area contributed by atoms with Crippen molar-refractivity contribution in [3.8, 4) is 5.75 Å². The molecule has 4 rings (SSSR count). The minimum absolute atomic E-state index is 0.0733. The molecule has 1 aliphatic heterocycles. The van der Waals surface area contributed by atoms with Gasteiger partial charge in [-0.15, -0.1) is 0 Å². The molecule has 0 saturated carbocycles. The predicted octanol–water partition coefficient (Wildman–Crippen LogP) is 3.26. The Morgan fingerprint density at radius 1 is 1.03 bits per heavy atom. The molecular weight excluding hydrogens is 453 g/mol. The zero-order chi connectivity index (χ0) is 25.1. The summed E-state index contributed by atoms with van der Waals surface area (Å²) in [6.45, 7) is 1.81. The van der Waals surface area contributed by atoms with Crippen LogP contribution in [0, 0.1) is 12.7 Å². The summed E-state index contributed by atoms with van der Waals surface area (Å²) in [5.41, 5.74) is 3.41. The topological polar surface area (TPSA) is 96.0 Å². The molecule has 1 N–H and O–H groups in total. The van der Waals surface area contributed by atoms with E-state index in [1.807, 2.05) is 0 Å². The van der Waals surface area contributed by atoms with Crippen molar-refractivity contribution in [1.82, 2.24) is 10.4 Å². The van der Waals surface area contributed by atoms with Crippen LogP contribution in [0.5, 0.6) is 5.75 Å². The number of rotatable bonds is 5. The monoisotopic (exact) mass is 475 g/mol. The molecule has 0 aromatic heterocycles. The van der Waals surface area contributed by atoms with Crippen molar-refractivity contribution >= 4 is 29.3 Å². The molecule has 1 saturated heterocycles. The molecule has 1 unspecified atom stereocenters. The van der Waals surface area contributed by atoms with Gasteiger partial charge in [-0.3, -0.25) is 24.6 Å². The number of carbonyl (C=O) groups excluding carboxylic acids is 4. The van der Waals surface area contributed by atoms with Gasteiger partial charge in [-0.25, -0.2) is 14.3 Å². The Bertz CT molecular complexity index is 1330. The Kier molecular flexibility index (Phi) is 6.59. The summed E-state index contributed by atoms with van der Waals surface area (Å²) in [4.78, 5) is 53.5. The summed E-state index contributed by atoms with van der Waals surface area (Å²) in [7, 11) is 1.38. The molecule has 1 aliphatic rings. The summed E-state index contributed by atoms with van der Waals surface area (Å²) < 4.78 is 19.7. The highest BCUT2D eigenvalue weighted by atomic mass is 19.1. The van der Waals surface area contributed by atoms with E-state index in [4.69, 9.17) is 4.74 Å². The van der Waals surface area contributed by atoms with Gasteiger partial charge in [0, 0.05) is 5.56 Å². The van der Waals surface area contributed by atoms with Crippen molar-refractivity contribution in [3.05, 3.63) is 95.3 Å². The second-order valence-electron chi connectivity index (χ2n) is 7.92. The van der Waals surface area contributed by atoms with Crippen LogP contribution in [-0.2, 0) is 9.59 Å². The average molecular weight is 475 g/mol. The molecule has 4 amide bonds. The van der Waals surface area contributed by atoms with Crippen LogP contribution in [0.25, 0.3) is 0 Å². The van der Waals surface area contributed by atoms with E-state index in [0.717, 1.165) is 16.6 Å². The quantitative estimate of drug-likeness (QED) is 0.452. The molecule has 1 heterocycles. The number of hydrogen-bond donors (Lipinski definition) is 1. The van der Waals surface area contributed by atoms with Crippen molar-refractivity contribution in [1.29, 1.82) is 0 Å². The van der Waals surface area contributed by atoms with Gasteiger partial charge in [0.2, 0.25) is 5.91 Å². The van der Waals surface area contributed by atoms with E-state index >= 15 is 0 Å². The highest BCUT2D eigenvalue weighted by Gasteiger charge is 2.46. The molecular formula is C26H22FN3O5. The normalized spacial score (nSPS) is 15.2. The predicted molar refractivity (Wildman–Crippen MR) is 125 cm³/mol. The number of carbonyl (C=O) groups is 4. The number of hydrogen-bond acceptors (Lipinski definition) is 5. The molecule has 3 aromatic carbocycles. The van der Waals surface area contributed by atoms with Crippen LogP contribution in [-0.4, -0.2) is 41.8 Å². The van der Waals surface area contributed by atoms with Crippen LogP contribution in [0.1, 0.15) is 32.7 Å². The van der Waals surface area contributed by atoms with Gasteiger partial charge in [-0.2, -0.15) is 0 Å². The van der Waals surface area contributed by atoms with Crippen LogP contribution in [0.2, 0.25) is 0 Å². The van der Waals surface area contributed by atoms with Crippen molar-refractivity contribution in [3.63, 3.8) is 0 Å². The van der Waals surface area contributed by atoms with Crippen LogP contribution < -0.4 is 15.1 Å². The molecule has 0 bridgehead atoms. The molecule has 35 heavy (non-hydrogen) atoms. The Morgan fingerprint density at radius 3 is 2.46 bits per heavy atom. The van der Waals surface area contributed by atoms with Crippen LogP contribution in [0.4, 0.5) is 10.1 Å². The Balaban J connectivity index is 1.73. The minimum atomic E-state index is -1.40. The number of aryl methyl sites for hydroxylation is 1. The van der Waals surface area contributed by atoms with E-state index < -0.39 is 41.9 Å². The van der Waals surface area contributed by atoms with E-state index in [1.165, 1.54) is 31.4 Å². The van der Waals surface area contributed by atoms with E-state index in [0.29, 0.717) is 4.90 Å². The first kappa shape index (κ1) is 23.6. The van der Waals surface area contributed by atoms with Crippen molar-refractivity contribution in [2.45, 2.75) is 19.4 Å². The summed E-state index contributed by atoms with van der Waals surface area (Å²) in [5.74, 6) is -3.50. The number of anilines is 1. The number of nitrogens with zero attached hydrogens (tertiary/aromatic N) is 2. The van der Waals surface area contributed by atoms with Crippen molar-refractivity contribution in [2.24, 2.45) is 0 Å². The van der Waals surface area contributed by atoms with Gasteiger partial charge in [0.05, 0.1) is 24.8 Å². The Labute approximate surface area is 200 Å². The third-order valence-corrected chi connectivity index (χ3v) is 5.59. The number of halogens is 1. The lowest BCUT2D eigenvalue weighted by Gasteiger charge is -2.28. The molecule has 1 fully saturated rings. The number of methoxy groups -OCH3 is 1. The smallest absolute Gasteiger partial charge is 0.276 e. The largest absolute Gasteiger partial charge is 0.496 e. The SMILES string of the molecule is COc1ccccc1C(=O)N(NC(=O)c1cccc(C)c1)C1CC(=O)N(c2ccccc2F)C1=O. The lowest BCUT2D eigenvalue weighted by atomic mass is 10.1. The van der Waals surface area contributed by atoms with E-state index in [1.54, 1.807) is 49.4 Å². The Hall–Kier alpha value is -4.53. The second-order valence-corrected chi connectivity index (χ2v) is 7.92. The molecule has 9 heteroatoms. The number of benzene rings is 3. The van der Waals surface area contributed by atoms with E-state index in [9.17, 15) is 23.6 Å². The first-order valence-electron chi connectivity index (χ1n) is 10.8. The first-order chi connectivity index (χ1) is 16.8. The van der Waals surface area contributed by atoms with Gasteiger partial charge in [0.1, 0.15) is 17.6 Å². The maximum Gasteiger partial charge on any atom is 0.276 e. The van der Waals surface area contributed by atoms with Gasteiger partial charge < -0.3 is 4.74 Å². The summed E-state index contributed by atoms with van der Waals surface area (Å²) in [6, 6.07) is 16.9. The fraction of sp³-hybridized carbons (Fsp3) is 0.154. The highest BCUT2D eigenvalue weighted by molar-refractivity contribution is 6.23. The molecule has 178 valence electrons. The van der Waals surface area contributed by atoms with Crippen molar-refractivity contribution < 1.29 is 28.3 Å². The Morgan fingerprint density at radius 2 is 1.74 bits per heavy atom. The fourth-order valence-electron chi connectivity index (χ4n) is 3.89. The number of nitrogens with one attached hydrogen (secondary N) is 1. The number of para-hydroxylation sites is 2. The molecule has 0 spiro atoms. The summed E-state index contributed by atoms with van der Waals surface area (Å²) >= 11 is 0. The minimum Gasteiger partial charge on any atom is -0.496 e. The van der Waals surface area contributed by atoms with Gasteiger partial charge >= 0.3 is 0 Å². The van der Waals surface area contributed by atoms with E-state index in [-0.39, 0.29) is 22.6 Å². The average Bonchev–Trinajstić information content (AvgIpc) is 3.15. The lowest BCUT2D eigenvalue weighted by molar-refractivity contribution is -0.123. The summed E-state index contributed by atoms with van der Waals surface area (Å²) in [5, 5.41) is 0.823. The molecule has 1 atom stereocenters. The lowest BCUT2D eigenvalue weighted by Crippen LogP contribution is -2.54. The third kappa shape index (κ3) is 4.61. The standard InChI is InChI=1S/C26H22FN3O5/c1-16-8-7-9-17(14-16)24(32)28-30(25(33)18-10-3-6-13-22(18)35-2)21-15-23(31)29(26(21)34)20-12-5-4-11-19(20)27/h3-14,21H,15H2,1-2H3,(H,28,32). The van der Waals surface area contributed by atoms with Crippen LogP contribution in [0.3, 0.4) is 0 Å². The molecule has 0 aliphatic carbocycles. The zero-order valence-corrected chi connectivity index (χ0v) is 19.0. The zero-order valence-electron chi connectivity index (χ0n) is 19.0. The highest BCUT2D eigenvalue weighted by Crippen LogP contribution is 2.29. The second kappa shape index (κ2) is 9.76. The van der Waals surface area contributed by atoms with Gasteiger partial charge in [0.15, 0.2) is 0 Å². The van der Waals surface area contributed by atoms with Crippen LogP contribution in [0.15, 0.2) is 72.8 Å². The third-order valence-electron chi connectivity index (χ3n) is 5.59. The molecule has 3 aromatic rings. The van der Waals surface area contributed by atoms with Crippen molar-refractivity contribution in [2.75, 3.05) is 12.0 Å². The number of imide groups is 1. The first-order valence-corrected chi connectivity index (χ1v) is 10.8. The maximum atomic E-state index is 14.4. The fourth-order valence-corrected chi connectivity index (χ4v) is 3.89. The van der Waals surface area contributed by atoms with Gasteiger partial charge in [0.25, 0.3) is 17.7 Å². The molecule has 0 radical (unpaired) electrons. The van der Waals surface area contributed by atoms with E-state index in [2.05, 4.69) is 5.43 Å². The summed E-state index contributed by atoms with van der Waals surface area (Å²) in [6.07, 6.45) is -0.442. The molecule has 8 nitrogen and oxygen atoms in total. The van der Waals surface area contributed by atoms with Gasteiger partial charge in [-0.05, 0) is 43.3 Å². The number of ether oxygens (including phenoxy) is 1. The van der Waals surface area contributed by atoms with Crippen LogP contribution >= 0.6 is 0 Å². The maximum absolute atomic E-state index is 14.4. The van der Waals surface area contributed by atoms with Gasteiger partial charge in [-0.1, -0.05) is 42.0 Å². The number of hydrazine groups is 1.